The van der Waals surface area contributed by atoms with Gasteiger partial charge in [-0.1, -0.05) is 18.2 Å². The summed E-state index contributed by atoms with van der Waals surface area (Å²) in [6, 6.07) is 22.5. The van der Waals surface area contributed by atoms with Crippen LogP contribution >= 0.6 is 0 Å². The second kappa shape index (κ2) is 8.49. The topological polar surface area (TPSA) is 97.2 Å². The smallest absolute Gasteiger partial charge is 0.266 e. The number of nitrogens with one attached hydrogen (secondary N) is 1. The average molecular weight is 491 g/mol. The summed E-state index contributed by atoms with van der Waals surface area (Å²) in [5.41, 5.74) is 2.18. The Balaban J connectivity index is 1.30. The minimum atomic E-state index is -0.581. The van der Waals surface area contributed by atoms with E-state index in [1.165, 1.54) is 47.1 Å². The molecule has 0 radical (unpaired) electrons. The van der Waals surface area contributed by atoms with E-state index in [1.54, 1.807) is 13.0 Å². The molecule has 180 valence electrons. The number of hydrogen-bond acceptors (Lipinski definition) is 5. The zero-order chi connectivity index (χ0) is 25.7. The largest absolute Gasteiger partial charge is 0.306 e. The van der Waals surface area contributed by atoms with Gasteiger partial charge in [0.2, 0.25) is 0 Å². The van der Waals surface area contributed by atoms with E-state index in [4.69, 9.17) is 0 Å². The monoisotopic (exact) mass is 491 g/mol. The Kier molecular flexibility index (Phi) is 5.11. The van der Waals surface area contributed by atoms with Crippen LogP contribution in [0, 0.1) is 12.7 Å². The van der Waals surface area contributed by atoms with E-state index in [9.17, 15) is 18.8 Å². The second-order valence-corrected chi connectivity index (χ2v) is 8.58. The first-order valence-corrected chi connectivity index (χ1v) is 11.4. The standard InChI is InChI=1S/C28H18FN5O3/c1-16-14-25(34(32-16)24-13-7-17-4-2-3-5-23(17)30-24)31-26(35)18-6-12-21-22(15-18)28(37)33(27(21)36)20-10-8-19(29)9-11-20/h2-15H,1H3,(H,31,35). The third-order valence-electron chi connectivity index (χ3n) is 6.11. The summed E-state index contributed by atoms with van der Waals surface area (Å²) in [6.07, 6.45) is 0. The molecule has 3 heterocycles. The van der Waals surface area contributed by atoms with Gasteiger partial charge in [-0.2, -0.15) is 9.78 Å². The molecule has 0 bridgehead atoms. The molecule has 0 saturated heterocycles. The molecule has 2 aromatic heterocycles. The van der Waals surface area contributed by atoms with Crippen molar-refractivity contribution in [3.8, 4) is 5.82 Å². The zero-order valence-corrected chi connectivity index (χ0v) is 19.5. The highest BCUT2D eigenvalue weighted by Gasteiger charge is 2.37. The molecule has 37 heavy (non-hydrogen) atoms. The van der Waals surface area contributed by atoms with E-state index in [0.717, 1.165) is 15.8 Å². The van der Waals surface area contributed by atoms with Crippen LogP contribution < -0.4 is 10.2 Å². The van der Waals surface area contributed by atoms with Gasteiger partial charge in [0.1, 0.15) is 11.6 Å². The molecule has 0 fully saturated rings. The summed E-state index contributed by atoms with van der Waals surface area (Å²) in [4.78, 5) is 44.7. The molecular weight excluding hydrogens is 473 g/mol. The summed E-state index contributed by atoms with van der Waals surface area (Å²) in [5, 5.41) is 8.28. The van der Waals surface area contributed by atoms with Crippen molar-refractivity contribution in [2.45, 2.75) is 6.92 Å². The highest BCUT2D eigenvalue weighted by Crippen LogP contribution is 2.29. The highest BCUT2D eigenvalue weighted by molar-refractivity contribution is 6.34. The minimum Gasteiger partial charge on any atom is -0.306 e. The number of amides is 3. The lowest BCUT2D eigenvalue weighted by atomic mass is 10.1. The van der Waals surface area contributed by atoms with Gasteiger partial charge < -0.3 is 5.32 Å². The van der Waals surface area contributed by atoms with Crippen LogP contribution in [0.25, 0.3) is 16.7 Å². The molecule has 6 rings (SSSR count). The number of pyridine rings is 1. The molecule has 3 aromatic carbocycles. The number of rotatable bonds is 4. The van der Waals surface area contributed by atoms with Crippen molar-refractivity contribution < 1.29 is 18.8 Å². The molecule has 0 spiro atoms. The van der Waals surface area contributed by atoms with E-state index in [0.29, 0.717) is 17.3 Å². The first kappa shape index (κ1) is 22.3. The lowest BCUT2D eigenvalue weighted by molar-refractivity contribution is 0.0925. The van der Waals surface area contributed by atoms with Crippen molar-refractivity contribution in [1.82, 2.24) is 14.8 Å². The number of anilines is 2. The fourth-order valence-corrected chi connectivity index (χ4v) is 4.33. The van der Waals surface area contributed by atoms with Gasteiger partial charge in [0.15, 0.2) is 5.82 Å². The molecule has 1 N–H and O–H groups in total. The Labute approximate surface area is 210 Å². The number of carbonyl (C=O) groups excluding carboxylic acids is 3. The van der Waals surface area contributed by atoms with Gasteiger partial charge in [-0.15, -0.1) is 0 Å². The predicted molar refractivity (Wildman–Crippen MR) is 136 cm³/mol. The molecule has 0 saturated carbocycles. The molecule has 0 unspecified atom stereocenters. The molecule has 0 atom stereocenters. The molecule has 0 aliphatic carbocycles. The second-order valence-electron chi connectivity index (χ2n) is 8.58. The van der Waals surface area contributed by atoms with Crippen LogP contribution in [0.5, 0.6) is 0 Å². The lowest BCUT2D eigenvalue weighted by Gasteiger charge is -2.13. The Morgan fingerprint density at radius 1 is 0.865 bits per heavy atom. The molecule has 5 aromatic rings. The average Bonchev–Trinajstić information content (AvgIpc) is 3.40. The maximum absolute atomic E-state index is 13.3. The molecule has 1 aliphatic heterocycles. The fourth-order valence-electron chi connectivity index (χ4n) is 4.33. The Bertz CT molecular complexity index is 1740. The molecule has 1 aliphatic rings. The number of benzene rings is 3. The van der Waals surface area contributed by atoms with Crippen LogP contribution in [-0.4, -0.2) is 32.5 Å². The number of halogens is 1. The first-order valence-electron chi connectivity index (χ1n) is 11.4. The molecule has 3 amide bonds. The number of hydrogen-bond donors (Lipinski definition) is 1. The molecule has 8 nitrogen and oxygen atoms in total. The SMILES string of the molecule is Cc1cc(NC(=O)c2ccc3c(c2)C(=O)N(c2ccc(F)cc2)C3=O)n(-c2ccc3ccccc3n2)n1. The summed E-state index contributed by atoms with van der Waals surface area (Å²) >= 11 is 0. The van der Waals surface area contributed by atoms with Crippen LogP contribution in [0.4, 0.5) is 15.9 Å². The lowest BCUT2D eigenvalue weighted by Crippen LogP contribution is -2.29. The van der Waals surface area contributed by atoms with Gasteiger partial charge in [0.25, 0.3) is 17.7 Å². The van der Waals surface area contributed by atoms with Crippen LogP contribution in [0.15, 0.2) is 84.9 Å². The van der Waals surface area contributed by atoms with Gasteiger partial charge in [-0.05, 0) is 67.6 Å². The summed E-state index contributed by atoms with van der Waals surface area (Å²) in [7, 11) is 0. The van der Waals surface area contributed by atoms with Crippen molar-refractivity contribution in [2.75, 3.05) is 10.2 Å². The zero-order valence-electron chi connectivity index (χ0n) is 19.5. The maximum Gasteiger partial charge on any atom is 0.266 e. The van der Waals surface area contributed by atoms with Gasteiger partial charge in [-0.25, -0.2) is 14.3 Å². The number of nitrogens with zero attached hydrogens (tertiary/aromatic N) is 4. The van der Waals surface area contributed by atoms with E-state index >= 15 is 0 Å². The first-order chi connectivity index (χ1) is 17.9. The third-order valence-corrected chi connectivity index (χ3v) is 6.11. The van der Waals surface area contributed by atoms with E-state index < -0.39 is 23.5 Å². The van der Waals surface area contributed by atoms with Gasteiger partial charge >= 0.3 is 0 Å². The van der Waals surface area contributed by atoms with Gasteiger partial charge in [0, 0.05) is 17.0 Å². The van der Waals surface area contributed by atoms with E-state index in [1.807, 2.05) is 36.4 Å². The third kappa shape index (κ3) is 3.82. The summed E-state index contributed by atoms with van der Waals surface area (Å²) < 4.78 is 14.9. The number of imide groups is 1. The number of para-hydroxylation sites is 1. The number of aryl methyl sites for hydroxylation is 1. The van der Waals surface area contributed by atoms with Crippen LogP contribution in [-0.2, 0) is 0 Å². The Morgan fingerprint density at radius 2 is 1.62 bits per heavy atom. The summed E-state index contributed by atoms with van der Waals surface area (Å²) in [6.45, 7) is 1.80. The van der Waals surface area contributed by atoms with Crippen LogP contribution in [0.3, 0.4) is 0 Å². The van der Waals surface area contributed by atoms with Crippen molar-refractivity contribution in [3.63, 3.8) is 0 Å². The van der Waals surface area contributed by atoms with Crippen molar-refractivity contribution in [1.29, 1.82) is 0 Å². The van der Waals surface area contributed by atoms with E-state index in [-0.39, 0.29) is 22.4 Å². The number of aromatic nitrogens is 3. The number of fused-ring (bicyclic) bond motifs is 2. The van der Waals surface area contributed by atoms with E-state index in [2.05, 4.69) is 15.4 Å². The number of carbonyl (C=O) groups is 3. The molecule has 9 heteroatoms. The summed E-state index contributed by atoms with van der Waals surface area (Å²) in [5.74, 6) is -1.14. The van der Waals surface area contributed by atoms with Crippen molar-refractivity contribution >= 4 is 40.1 Å². The quantitative estimate of drug-likeness (QED) is 0.360. The predicted octanol–water partition coefficient (Wildman–Crippen LogP) is 4.92. The minimum absolute atomic E-state index is 0.0999. The highest BCUT2D eigenvalue weighted by atomic mass is 19.1. The Hall–Kier alpha value is -5.18. The van der Waals surface area contributed by atoms with Crippen molar-refractivity contribution in [3.05, 3.63) is 113 Å². The maximum atomic E-state index is 13.3. The normalized spacial score (nSPS) is 12.8. The van der Waals surface area contributed by atoms with Crippen LogP contribution in [0.1, 0.15) is 36.8 Å². The fraction of sp³-hybridized carbons (Fsp3) is 0.0357. The van der Waals surface area contributed by atoms with Crippen molar-refractivity contribution in [2.24, 2.45) is 0 Å². The molecular formula is C28H18FN5O3. The van der Waals surface area contributed by atoms with Gasteiger partial charge in [-0.3, -0.25) is 14.4 Å². The van der Waals surface area contributed by atoms with Gasteiger partial charge in [0.05, 0.1) is 28.0 Å². The Morgan fingerprint density at radius 3 is 2.43 bits per heavy atom. The van der Waals surface area contributed by atoms with Crippen LogP contribution in [0.2, 0.25) is 0 Å².